The lowest BCUT2D eigenvalue weighted by molar-refractivity contribution is -0.671. The molecule has 0 saturated carbocycles. The molecule has 1 heterocycles. The summed E-state index contributed by atoms with van der Waals surface area (Å²) in [6, 6.07) is 8.51. The molecule has 4 heteroatoms. The van der Waals surface area contributed by atoms with Crippen molar-refractivity contribution < 1.29 is 26.3 Å². The molecule has 0 amide bonds. The smallest absolute Gasteiger partial charge is 0.243 e. The number of unbranched alkanes of at least 4 members (excludes halogenated alkanes) is 9. The highest BCUT2D eigenvalue weighted by atomic mass is 79.9. The number of benzene rings is 1. The summed E-state index contributed by atoms with van der Waals surface area (Å²) in [5.41, 5.74) is 1.30. The maximum Gasteiger partial charge on any atom is 0.243 e. The Balaban J connectivity index is 0.00000364. The molecule has 0 spiro atoms. The van der Waals surface area contributed by atoms with E-state index in [1.807, 2.05) is 7.05 Å². The number of imidazole rings is 1. The van der Waals surface area contributed by atoms with Gasteiger partial charge in [0, 0.05) is 0 Å². The van der Waals surface area contributed by atoms with Crippen molar-refractivity contribution in [1.82, 2.24) is 4.57 Å². The number of nitrogens with zero attached hydrogens (tertiary/aromatic N) is 2. The standard InChI is InChI=1S/C23H37N2O.BrH/c1-3-4-5-6-7-8-9-10-11-12-19-26-23-15-13-22(14-16-23)20-25-18-17-24(2)21-25;/h13-18,21H,3-12,19-20H2,1-2H3;1H/q+1;/p-1. The van der Waals surface area contributed by atoms with Gasteiger partial charge in [-0.15, -0.1) is 0 Å². The average molecular weight is 437 g/mol. The molecule has 27 heavy (non-hydrogen) atoms. The highest BCUT2D eigenvalue weighted by Gasteiger charge is 2.02. The molecule has 2 rings (SSSR count). The van der Waals surface area contributed by atoms with E-state index >= 15 is 0 Å². The third-order valence-electron chi connectivity index (χ3n) is 4.88. The molecule has 0 aliphatic rings. The lowest BCUT2D eigenvalue weighted by Gasteiger charge is -2.07. The molecule has 0 bridgehead atoms. The Morgan fingerprint density at radius 3 is 2.00 bits per heavy atom. The van der Waals surface area contributed by atoms with E-state index < -0.39 is 0 Å². The maximum atomic E-state index is 5.88. The van der Waals surface area contributed by atoms with Crippen molar-refractivity contribution in [3.63, 3.8) is 0 Å². The second-order valence-corrected chi connectivity index (χ2v) is 7.43. The Morgan fingerprint density at radius 2 is 1.44 bits per heavy atom. The SMILES string of the molecule is CCCCCCCCCCCCOc1ccc(Cn2cc[n+](C)c2)cc1.[Br-]. The minimum atomic E-state index is 0. The topological polar surface area (TPSA) is 18.0 Å². The monoisotopic (exact) mass is 436 g/mol. The molecule has 0 fully saturated rings. The van der Waals surface area contributed by atoms with Gasteiger partial charge in [0.2, 0.25) is 6.33 Å². The van der Waals surface area contributed by atoms with Gasteiger partial charge in [-0.2, -0.15) is 0 Å². The molecule has 2 aromatic rings. The van der Waals surface area contributed by atoms with Crippen molar-refractivity contribution in [3.05, 3.63) is 48.5 Å². The van der Waals surface area contributed by atoms with Crippen molar-refractivity contribution in [1.29, 1.82) is 0 Å². The summed E-state index contributed by atoms with van der Waals surface area (Å²) in [6.45, 7) is 4.02. The first kappa shape index (κ1) is 23.7. The summed E-state index contributed by atoms with van der Waals surface area (Å²) in [7, 11) is 2.04. The fourth-order valence-corrected chi connectivity index (χ4v) is 3.28. The minimum absolute atomic E-state index is 0. The Hall–Kier alpha value is -1.29. The van der Waals surface area contributed by atoms with E-state index in [1.165, 1.54) is 63.4 Å². The predicted octanol–water partition coefficient (Wildman–Crippen LogP) is 2.66. The number of halogens is 1. The number of ether oxygens (including phenoxy) is 1. The van der Waals surface area contributed by atoms with E-state index in [0.29, 0.717) is 0 Å². The van der Waals surface area contributed by atoms with Crippen LogP contribution in [0.2, 0.25) is 0 Å². The summed E-state index contributed by atoms with van der Waals surface area (Å²) >= 11 is 0. The molecule has 1 aromatic heterocycles. The Morgan fingerprint density at radius 1 is 0.852 bits per heavy atom. The van der Waals surface area contributed by atoms with Gasteiger partial charge in [0.15, 0.2) is 0 Å². The zero-order valence-electron chi connectivity index (χ0n) is 17.2. The number of aromatic nitrogens is 2. The molecule has 0 aliphatic heterocycles. The van der Waals surface area contributed by atoms with Gasteiger partial charge in [-0.1, -0.05) is 76.8 Å². The summed E-state index contributed by atoms with van der Waals surface area (Å²) in [6.07, 6.45) is 19.9. The molecular weight excluding hydrogens is 400 g/mol. The van der Waals surface area contributed by atoms with Crippen molar-refractivity contribution in [3.8, 4) is 5.75 Å². The van der Waals surface area contributed by atoms with Crippen molar-refractivity contribution >= 4 is 0 Å². The second-order valence-electron chi connectivity index (χ2n) is 7.43. The summed E-state index contributed by atoms with van der Waals surface area (Å²) < 4.78 is 10.1. The van der Waals surface area contributed by atoms with E-state index in [9.17, 15) is 0 Å². The van der Waals surface area contributed by atoms with Gasteiger partial charge in [-0.3, -0.25) is 0 Å². The molecule has 152 valence electrons. The van der Waals surface area contributed by atoms with Gasteiger partial charge in [-0.05, 0) is 24.1 Å². The Labute approximate surface area is 176 Å². The Kier molecular flexibility index (Phi) is 13.0. The van der Waals surface area contributed by atoms with Crippen LogP contribution in [0.3, 0.4) is 0 Å². The van der Waals surface area contributed by atoms with E-state index in [1.54, 1.807) is 0 Å². The summed E-state index contributed by atoms with van der Waals surface area (Å²) in [4.78, 5) is 0. The van der Waals surface area contributed by atoms with Crippen LogP contribution in [0.4, 0.5) is 0 Å². The first-order valence-electron chi connectivity index (χ1n) is 10.5. The molecule has 1 aromatic carbocycles. The van der Waals surface area contributed by atoms with E-state index in [-0.39, 0.29) is 17.0 Å². The summed E-state index contributed by atoms with van der Waals surface area (Å²) in [5, 5.41) is 0. The molecule has 0 atom stereocenters. The van der Waals surface area contributed by atoms with Crippen molar-refractivity contribution in [2.45, 2.75) is 77.7 Å². The molecular formula is C23H37BrN2O. The van der Waals surface area contributed by atoms with E-state index in [2.05, 4.69) is 59.0 Å². The zero-order valence-corrected chi connectivity index (χ0v) is 18.8. The summed E-state index contributed by atoms with van der Waals surface area (Å²) in [5.74, 6) is 0.989. The van der Waals surface area contributed by atoms with Crippen LogP contribution in [0.15, 0.2) is 43.0 Å². The fourth-order valence-electron chi connectivity index (χ4n) is 3.28. The lowest BCUT2D eigenvalue weighted by Crippen LogP contribution is -3.00. The largest absolute Gasteiger partial charge is 1.00 e. The van der Waals surface area contributed by atoms with Gasteiger partial charge in [0.1, 0.15) is 24.7 Å². The van der Waals surface area contributed by atoms with Crippen LogP contribution in [0.5, 0.6) is 5.75 Å². The predicted molar refractivity (Wildman–Crippen MR) is 108 cm³/mol. The molecule has 0 unspecified atom stereocenters. The number of rotatable bonds is 14. The highest BCUT2D eigenvalue weighted by molar-refractivity contribution is 5.27. The first-order chi connectivity index (χ1) is 12.8. The first-order valence-corrected chi connectivity index (χ1v) is 10.5. The lowest BCUT2D eigenvalue weighted by atomic mass is 10.1. The van der Waals surface area contributed by atoms with Crippen molar-refractivity contribution in [2.75, 3.05) is 6.61 Å². The van der Waals surface area contributed by atoms with E-state index in [0.717, 1.165) is 25.3 Å². The maximum absolute atomic E-state index is 5.88. The number of hydrogen-bond donors (Lipinski definition) is 0. The van der Waals surface area contributed by atoms with Crippen LogP contribution in [0.25, 0.3) is 0 Å². The quantitative estimate of drug-likeness (QED) is 0.328. The second kappa shape index (κ2) is 14.7. The Bertz CT molecular complexity index is 595. The van der Waals surface area contributed by atoms with Crippen LogP contribution in [0.1, 0.15) is 76.7 Å². The fraction of sp³-hybridized carbons (Fsp3) is 0.609. The van der Waals surface area contributed by atoms with Crippen LogP contribution < -0.4 is 26.3 Å². The normalized spacial score (nSPS) is 10.6. The zero-order chi connectivity index (χ0) is 18.5. The van der Waals surface area contributed by atoms with Gasteiger partial charge >= 0.3 is 0 Å². The van der Waals surface area contributed by atoms with Crippen LogP contribution >= 0.6 is 0 Å². The van der Waals surface area contributed by atoms with Crippen molar-refractivity contribution in [2.24, 2.45) is 7.05 Å². The third-order valence-corrected chi connectivity index (χ3v) is 4.88. The molecule has 0 N–H and O–H groups in total. The van der Waals surface area contributed by atoms with Gasteiger partial charge < -0.3 is 21.7 Å². The molecule has 3 nitrogen and oxygen atoms in total. The number of aryl methyl sites for hydroxylation is 1. The molecule has 0 saturated heterocycles. The third kappa shape index (κ3) is 10.6. The van der Waals surface area contributed by atoms with Gasteiger partial charge in [-0.25, -0.2) is 9.13 Å². The molecule has 0 aliphatic carbocycles. The van der Waals surface area contributed by atoms with E-state index in [4.69, 9.17) is 4.74 Å². The highest BCUT2D eigenvalue weighted by Crippen LogP contribution is 2.14. The van der Waals surface area contributed by atoms with Crippen LogP contribution in [-0.2, 0) is 13.6 Å². The van der Waals surface area contributed by atoms with Gasteiger partial charge in [0.25, 0.3) is 0 Å². The number of hydrogen-bond acceptors (Lipinski definition) is 1. The van der Waals surface area contributed by atoms with Gasteiger partial charge in [0.05, 0.1) is 13.7 Å². The van der Waals surface area contributed by atoms with Crippen LogP contribution in [-0.4, -0.2) is 11.2 Å². The minimum Gasteiger partial charge on any atom is -1.00 e. The van der Waals surface area contributed by atoms with Crippen LogP contribution in [0, 0.1) is 0 Å². The average Bonchev–Trinajstić information content (AvgIpc) is 3.06. The molecule has 0 radical (unpaired) electrons.